The maximum absolute atomic E-state index is 7.45. The van der Waals surface area contributed by atoms with E-state index < -0.39 is 0 Å². The molecule has 0 saturated carbocycles. The van der Waals surface area contributed by atoms with Gasteiger partial charge in [0.25, 0.3) is 0 Å². The Bertz CT molecular complexity index is 599. The highest BCUT2D eigenvalue weighted by Crippen LogP contribution is 2.21. The van der Waals surface area contributed by atoms with Crippen LogP contribution in [-0.4, -0.2) is 10.8 Å². The minimum absolute atomic E-state index is 0.0626. The maximum atomic E-state index is 7.45. The van der Waals surface area contributed by atoms with Gasteiger partial charge in [0.15, 0.2) is 0 Å². The van der Waals surface area contributed by atoms with Gasteiger partial charge >= 0.3 is 0 Å². The molecule has 0 saturated heterocycles. The number of hydrogen-bond acceptors (Lipinski definition) is 4. The first-order chi connectivity index (χ1) is 8.95. The lowest BCUT2D eigenvalue weighted by Crippen LogP contribution is -2.10. The molecule has 0 bridgehead atoms. The normalized spacial score (nSPS) is 10.5. The van der Waals surface area contributed by atoms with E-state index in [1.165, 1.54) is 22.5 Å². The van der Waals surface area contributed by atoms with E-state index in [1.54, 1.807) is 0 Å². The number of amidine groups is 1. The Hall–Kier alpha value is -1.88. The second-order valence-corrected chi connectivity index (χ2v) is 5.63. The first kappa shape index (κ1) is 13.5. The van der Waals surface area contributed by atoms with Crippen LogP contribution in [0.2, 0.25) is 0 Å². The van der Waals surface area contributed by atoms with E-state index in [9.17, 15) is 0 Å². The fourth-order valence-electron chi connectivity index (χ4n) is 1.93. The Balaban J connectivity index is 2.10. The number of thiazole rings is 1. The van der Waals surface area contributed by atoms with Crippen LogP contribution in [0.25, 0.3) is 0 Å². The van der Waals surface area contributed by atoms with Crippen molar-refractivity contribution in [1.82, 2.24) is 4.98 Å². The summed E-state index contributed by atoms with van der Waals surface area (Å²) in [5.74, 6) is 0.905. The molecule has 0 atom stereocenters. The van der Waals surface area contributed by atoms with E-state index in [1.807, 2.05) is 32.9 Å². The minimum atomic E-state index is 0.0626. The number of aryl methyl sites for hydroxylation is 3. The van der Waals surface area contributed by atoms with Crippen molar-refractivity contribution >= 4 is 17.2 Å². The largest absolute Gasteiger partial charge is 0.486 e. The van der Waals surface area contributed by atoms with E-state index in [-0.39, 0.29) is 5.84 Å². The highest BCUT2D eigenvalue weighted by Gasteiger charge is 2.10. The molecule has 1 aromatic carbocycles. The summed E-state index contributed by atoms with van der Waals surface area (Å²) in [6.45, 7) is 6.34. The van der Waals surface area contributed by atoms with Crippen LogP contribution >= 0.6 is 11.3 Å². The standard InChI is InChI=1S/C14H17N3OS/c1-8-4-9(2)6-11(5-8)18-7-12-17-10(3)13(19-12)14(15)16/h4-6H,7H2,1-3H3,(H3,15,16). The van der Waals surface area contributed by atoms with Gasteiger partial charge in [0, 0.05) is 0 Å². The number of nitrogens with two attached hydrogens (primary N) is 1. The van der Waals surface area contributed by atoms with Gasteiger partial charge in [0.1, 0.15) is 23.2 Å². The third-order valence-corrected chi connectivity index (χ3v) is 3.81. The fraction of sp³-hybridized carbons (Fsp3) is 0.286. The molecular weight excluding hydrogens is 258 g/mol. The average Bonchev–Trinajstić information content (AvgIpc) is 2.67. The van der Waals surface area contributed by atoms with Gasteiger partial charge in [-0.15, -0.1) is 11.3 Å². The molecule has 0 radical (unpaired) electrons. The number of rotatable bonds is 4. The van der Waals surface area contributed by atoms with Crippen LogP contribution in [-0.2, 0) is 6.61 Å². The molecule has 2 rings (SSSR count). The number of benzene rings is 1. The second kappa shape index (κ2) is 5.40. The third kappa shape index (κ3) is 3.32. The molecule has 1 heterocycles. The summed E-state index contributed by atoms with van der Waals surface area (Å²) in [5.41, 5.74) is 8.63. The molecule has 0 aliphatic carbocycles. The molecule has 0 spiro atoms. The summed E-state index contributed by atoms with van der Waals surface area (Å²) in [5, 5.41) is 8.28. The SMILES string of the molecule is Cc1cc(C)cc(OCc2nc(C)c(C(=N)N)s2)c1. The molecule has 5 heteroatoms. The highest BCUT2D eigenvalue weighted by atomic mass is 32.1. The van der Waals surface area contributed by atoms with Gasteiger partial charge in [-0.1, -0.05) is 6.07 Å². The minimum Gasteiger partial charge on any atom is -0.486 e. The molecule has 4 nitrogen and oxygen atoms in total. The maximum Gasteiger partial charge on any atom is 0.140 e. The lowest BCUT2D eigenvalue weighted by molar-refractivity contribution is 0.305. The topological polar surface area (TPSA) is 72.0 Å². The molecule has 0 amide bonds. The van der Waals surface area contributed by atoms with Gasteiger partial charge in [-0.25, -0.2) is 4.98 Å². The first-order valence-corrected chi connectivity index (χ1v) is 6.79. The Morgan fingerprint density at radius 1 is 1.26 bits per heavy atom. The lowest BCUT2D eigenvalue weighted by atomic mass is 10.1. The number of nitrogens with zero attached hydrogens (tertiary/aromatic N) is 1. The van der Waals surface area contributed by atoms with Gasteiger partial charge in [-0.05, 0) is 44.0 Å². The van der Waals surface area contributed by atoms with Crippen molar-refractivity contribution in [3.63, 3.8) is 0 Å². The van der Waals surface area contributed by atoms with Crippen LogP contribution in [0.5, 0.6) is 5.75 Å². The van der Waals surface area contributed by atoms with Crippen molar-refractivity contribution in [2.24, 2.45) is 5.73 Å². The Labute approximate surface area is 116 Å². The number of aromatic nitrogens is 1. The van der Waals surface area contributed by atoms with Crippen LogP contribution in [0.3, 0.4) is 0 Å². The molecule has 0 aliphatic rings. The second-order valence-electron chi connectivity index (χ2n) is 4.55. The van der Waals surface area contributed by atoms with Gasteiger partial charge < -0.3 is 10.5 Å². The molecular formula is C14H17N3OS. The summed E-state index contributed by atoms with van der Waals surface area (Å²) in [6, 6.07) is 6.10. The summed E-state index contributed by atoms with van der Waals surface area (Å²) in [7, 11) is 0. The van der Waals surface area contributed by atoms with Crippen molar-refractivity contribution in [2.75, 3.05) is 0 Å². The predicted molar refractivity (Wildman–Crippen MR) is 78.1 cm³/mol. The lowest BCUT2D eigenvalue weighted by Gasteiger charge is -2.06. The molecule has 0 fully saturated rings. The molecule has 3 N–H and O–H groups in total. The predicted octanol–water partition coefficient (Wildman–Crippen LogP) is 2.93. The van der Waals surface area contributed by atoms with E-state index in [0.717, 1.165) is 21.3 Å². The highest BCUT2D eigenvalue weighted by molar-refractivity contribution is 7.13. The third-order valence-electron chi connectivity index (χ3n) is 2.64. The van der Waals surface area contributed by atoms with E-state index in [2.05, 4.69) is 11.1 Å². The molecule has 2 aromatic rings. The summed E-state index contributed by atoms with van der Waals surface area (Å²) < 4.78 is 5.74. The van der Waals surface area contributed by atoms with Gasteiger partial charge in [-0.3, -0.25) is 5.41 Å². The first-order valence-electron chi connectivity index (χ1n) is 5.97. The Kier molecular flexibility index (Phi) is 3.85. The van der Waals surface area contributed by atoms with E-state index in [4.69, 9.17) is 15.9 Å². The van der Waals surface area contributed by atoms with Crippen LogP contribution in [0.1, 0.15) is 26.7 Å². The smallest absolute Gasteiger partial charge is 0.140 e. The van der Waals surface area contributed by atoms with Crippen molar-refractivity contribution in [1.29, 1.82) is 5.41 Å². The zero-order valence-corrected chi connectivity index (χ0v) is 12.1. The van der Waals surface area contributed by atoms with Crippen LogP contribution in [0.4, 0.5) is 0 Å². The fourth-order valence-corrected chi connectivity index (χ4v) is 2.76. The van der Waals surface area contributed by atoms with Crippen LogP contribution < -0.4 is 10.5 Å². The quantitative estimate of drug-likeness (QED) is 0.665. The average molecular weight is 275 g/mol. The number of ether oxygens (including phenoxy) is 1. The van der Waals surface area contributed by atoms with Gasteiger partial charge in [0.2, 0.25) is 0 Å². The van der Waals surface area contributed by atoms with Crippen LogP contribution in [0, 0.1) is 26.2 Å². The number of nitrogens with one attached hydrogen (secondary N) is 1. The zero-order chi connectivity index (χ0) is 14.0. The van der Waals surface area contributed by atoms with Crippen molar-refractivity contribution in [3.05, 3.63) is 44.9 Å². The summed E-state index contributed by atoms with van der Waals surface area (Å²) in [6.07, 6.45) is 0. The van der Waals surface area contributed by atoms with Gasteiger partial charge in [0.05, 0.1) is 10.6 Å². The van der Waals surface area contributed by atoms with E-state index >= 15 is 0 Å². The Morgan fingerprint density at radius 2 is 1.89 bits per heavy atom. The monoisotopic (exact) mass is 275 g/mol. The molecule has 1 aromatic heterocycles. The molecule has 19 heavy (non-hydrogen) atoms. The molecule has 0 unspecified atom stereocenters. The van der Waals surface area contributed by atoms with Crippen molar-refractivity contribution < 1.29 is 4.74 Å². The molecule has 0 aliphatic heterocycles. The summed E-state index contributed by atoms with van der Waals surface area (Å²) >= 11 is 1.41. The number of nitrogen functional groups attached to an aromatic ring is 1. The van der Waals surface area contributed by atoms with Crippen LogP contribution in [0.15, 0.2) is 18.2 Å². The Morgan fingerprint density at radius 3 is 2.42 bits per heavy atom. The summed E-state index contributed by atoms with van der Waals surface area (Å²) in [4.78, 5) is 5.09. The van der Waals surface area contributed by atoms with Gasteiger partial charge in [-0.2, -0.15) is 0 Å². The van der Waals surface area contributed by atoms with E-state index in [0.29, 0.717) is 6.61 Å². The molecule has 100 valence electrons. The van der Waals surface area contributed by atoms with Crippen molar-refractivity contribution in [2.45, 2.75) is 27.4 Å². The van der Waals surface area contributed by atoms with Crippen molar-refractivity contribution in [3.8, 4) is 5.75 Å². The number of hydrogen-bond donors (Lipinski definition) is 2. The zero-order valence-electron chi connectivity index (χ0n) is 11.3.